The molecule has 0 bridgehead atoms. The summed E-state index contributed by atoms with van der Waals surface area (Å²) in [6, 6.07) is 9.51. The van der Waals surface area contributed by atoms with Crippen molar-refractivity contribution in [3.8, 4) is 0 Å². The van der Waals surface area contributed by atoms with Crippen LogP contribution in [0.1, 0.15) is 42.7 Å². The average molecular weight is 248 g/mol. The van der Waals surface area contributed by atoms with Gasteiger partial charge in [-0.05, 0) is 18.8 Å². The molecule has 1 aliphatic carbocycles. The molecule has 0 aromatic heterocycles. The van der Waals surface area contributed by atoms with Gasteiger partial charge in [-0.2, -0.15) is 35.4 Å². The van der Waals surface area contributed by atoms with Crippen LogP contribution in [0.15, 0.2) is 18.2 Å². The molecule has 2 rings (SSSR count). The molecule has 1 saturated carbocycles. The second kappa shape index (κ2) is 5.27. The van der Waals surface area contributed by atoms with E-state index in [1.54, 1.807) is 5.56 Å². The van der Waals surface area contributed by atoms with E-state index in [4.69, 9.17) is 0 Å². The fraction of sp³-hybridized carbons (Fsp3) is 0.500. The van der Waals surface area contributed by atoms with Gasteiger partial charge >= 0.3 is 0 Å². The molecular formula is C12H15Y-. The van der Waals surface area contributed by atoms with Crippen molar-refractivity contribution in [2.45, 2.75) is 38.5 Å². The van der Waals surface area contributed by atoms with Crippen LogP contribution in [0.2, 0.25) is 0 Å². The summed E-state index contributed by atoms with van der Waals surface area (Å²) >= 11 is 0. The van der Waals surface area contributed by atoms with E-state index in [-0.39, 0.29) is 32.7 Å². The maximum atomic E-state index is 3.12. The Labute approximate surface area is 106 Å². The van der Waals surface area contributed by atoms with Crippen LogP contribution >= 0.6 is 0 Å². The second-order valence-electron chi connectivity index (χ2n) is 3.76. The van der Waals surface area contributed by atoms with Crippen LogP contribution in [-0.4, -0.2) is 0 Å². The molecule has 0 unspecified atom stereocenters. The van der Waals surface area contributed by atoms with Gasteiger partial charge in [0.2, 0.25) is 0 Å². The van der Waals surface area contributed by atoms with Crippen LogP contribution in [-0.2, 0) is 32.7 Å². The minimum atomic E-state index is 0. The summed E-state index contributed by atoms with van der Waals surface area (Å²) in [4.78, 5) is 0. The fourth-order valence-corrected chi connectivity index (χ4v) is 2.22. The minimum Gasteiger partial charge on any atom is -0.184 e. The Morgan fingerprint density at radius 3 is 2.62 bits per heavy atom. The first-order valence-corrected chi connectivity index (χ1v) is 4.84. The van der Waals surface area contributed by atoms with Crippen LogP contribution in [0.4, 0.5) is 0 Å². The Morgan fingerprint density at radius 2 is 2.00 bits per heavy atom. The molecule has 1 heteroatoms. The average Bonchev–Trinajstić information content (AvgIpc) is 2.57. The van der Waals surface area contributed by atoms with Gasteiger partial charge in [0.25, 0.3) is 0 Å². The summed E-state index contributed by atoms with van der Waals surface area (Å²) < 4.78 is 0. The van der Waals surface area contributed by atoms with Crippen LogP contribution in [0.5, 0.6) is 0 Å². The van der Waals surface area contributed by atoms with Crippen molar-refractivity contribution >= 4 is 0 Å². The predicted molar refractivity (Wildman–Crippen MR) is 51.2 cm³/mol. The molecule has 0 heterocycles. The van der Waals surface area contributed by atoms with E-state index in [0.717, 1.165) is 5.92 Å². The first-order chi connectivity index (χ1) is 5.88. The largest absolute Gasteiger partial charge is 0.184 e. The fourth-order valence-electron chi connectivity index (χ4n) is 2.22. The Morgan fingerprint density at radius 1 is 1.31 bits per heavy atom. The van der Waals surface area contributed by atoms with Gasteiger partial charge in [0, 0.05) is 32.7 Å². The molecule has 0 spiro atoms. The summed E-state index contributed by atoms with van der Waals surface area (Å²) in [6.45, 7) is 2.20. The quantitative estimate of drug-likeness (QED) is 0.668. The molecule has 1 aromatic carbocycles. The maximum absolute atomic E-state index is 3.12. The van der Waals surface area contributed by atoms with E-state index in [1.807, 2.05) is 6.07 Å². The number of aryl methyl sites for hydroxylation is 1. The van der Waals surface area contributed by atoms with Gasteiger partial charge in [0.1, 0.15) is 0 Å². The standard InChI is InChI=1S/C12H15.Y/c1-10-6-2-5-9-12(10)11-7-3-4-8-11;/h5-6,9,11H,3-4,7-8H2,1H3;/q-1;. The Hall–Kier alpha value is 0.324. The molecule has 1 aromatic rings. The monoisotopic (exact) mass is 248 g/mol. The van der Waals surface area contributed by atoms with Crippen molar-refractivity contribution in [3.63, 3.8) is 0 Å². The molecule has 0 nitrogen and oxygen atoms in total. The van der Waals surface area contributed by atoms with Gasteiger partial charge in [-0.25, -0.2) is 0 Å². The number of benzene rings is 1. The normalized spacial score (nSPS) is 17.0. The Bertz CT molecular complexity index is 262. The zero-order valence-electron chi connectivity index (χ0n) is 8.22. The molecule has 1 radical (unpaired) electrons. The summed E-state index contributed by atoms with van der Waals surface area (Å²) in [5.74, 6) is 0.847. The molecule has 0 amide bonds. The number of hydrogen-bond acceptors (Lipinski definition) is 0. The van der Waals surface area contributed by atoms with Gasteiger partial charge < -0.3 is 0 Å². The number of hydrogen-bond donors (Lipinski definition) is 0. The van der Waals surface area contributed by atoms with Crippen LogP contribution in [0.3, 0.4) is 0 Å². The van der Waals surface area contributed by atoms with Gasteiger partial charge in [-0.15, -0.1) is 0 Å². The Balaban J connectivity index is 0.000000845. The Kier molecular flexibility index (Phi) is 4.62. The molecule has 13 heavy (non-hydrogen) atoms. The van der Waals surface area contributed by atoms with Crippen molar-refractivity contribution in [2.75, 3.05) is 0 Å². The predicted octanol–water partition coefficient (Wildman–Crippen LogP) is 3.45. The molecule has 0 N–H and O–H groups in total. The van der Waals surface area contributed by atoms with E-state index in [2.05, 4.69) is 25.1 Å². The molecule has 0 atom stereocenters. The molecule has 1 aliphatic rings. The van der Waals surface area contributed by atoms with Crippen LogP contribution in [0.25, 0.3) is 0 Å². The van der Waals surface area contributed by atoms with Gasteiger partial charge in [-0.1, -0.05) is 19.8 Å². The van der Waals surface area contributed by atoms with Crippen LogP contribution in [0, 0.1) is 13.0 Å². The zero-order valence-corrected chi connectivity index (χ0v) is 11.1. The third kappa shape index (κ3) is 2.64. The van der Waals surface area contributed by atoms with Gasteiger partial charge in [-0.3, -0.25) is 0 Å². The molecule has 0 aliphatic heterocycles. The van der Waals surface area contributed by atoms with Gasteiger partial charge in [0.05, 0.1) is 0 Å². The van der Waals surface area contributed by atoms with Crippen LogP contribution < -0.4 is 0 Å². The van der Waals surface area contributed by atoms with E-state index in [1.165, 1.54) is 31.2 Å². The van der Waals surface area contributed by atoms with Crippen molar-refractivity contribution in [3.05, 3.63) is 35.4 Å². The molecular weight excluding hydrogens is 233 g/mol. The van der Waals surface area contributed by atoms with Crippen molar-refractivity contribution in [1.29, 1.82) is 0 Å². The number of rotatable bonds is 1. The molecule has 1 fully saturated rings. The van der Waals surface area contributed by atoms with E-state index in [0.29, 0.717) is 0 Å². The topological polar surface area (TPSA) is 0 Å². The SMILES string of the molecule is Cc1c[c-]ccc1C1CCCC1.[Y]. The summed E-state index contributed by atoms with van der Waals surface area (Å²) in [7, 11) is 0. The van der Waals surface area contributed by atoms with Crippen molar-refractivity contribution in [2.24, 2.45) is 0 Å². The van der Waals surface area contributed by atoms with E-state index >= 15 is 0 Å². The summed E-state index contributed by atoms with van der Waals surface area (Å²) in [5.41, 5.74) is 2.98. The van der Waals surface area contributed by atoms with Crippen molar-refractivity contribution in [1.82, 2.24) is 0 Å². The second-order valence-corrected chi connectivity index (χ2v) is 3.76. The van der Waals surface area contributed by atoms with E-state index in [9.17, 15) is 0 Å². The van der Waals surface area contributed by atoms with Crippen molar-refractivity contribution < 1.29 is 32.7 Å². The smallest absolute Gasteiger partial charge is 0 e. The molecule has 67 valence electrons. The summed E-state index contributed by atoms with van der Waals surface area (Å²) in [6.07, 6.45) is 5.63. The molecule has 0 saturated heterocycles. The van der Waals surface area contributed by atoms with E-state index < -0.39 is 0 Å². The first-order valence-electron chi connectivity index (χ1n) is 4.84. The summed E-state index contributed by atoms with van der Waals surface area (Å²) in [5, 5.41) is 0. The minimum absolute atomic E-state index is 0. The van der Waals surface area contributed by atoms with Gasteiger partial charge in [0.15, 0.2) is 0 Å². The third-order valence-electron chi connectivity index (χ3n) is 2.91. The first kappa shape index (κ1) is 11.4. The third-order valence-corrected chi connectivity index (χ3v) is 2.91. The maximum Gasteiger partial charge on any atom is 0 e. The zero-order chi connectivity index (χ0) is 8.39.